The highest BCUT2D eigenvalue weighted by atomic mass is 19.4. The normalized spacial score (nSPS) is 19.0. The van der Waals surface area contributed by atoms with E-state index in [1.54, 1.807) is 17.0 Å². The van der Waals surface area contributed by atoms with Crippen molar-refractivity contribution in [2.75, 3.05) is 26.2 Å². The molecule has 0 saturated carbocycles. The number of ether oxygens (including phenoxy) is 2. The first kappa shape index (κ1) is 29.6. The van der Waals surface area contributed by atoms with Crippen molar-refractivity contribution in [3.8, 4) is 5.75 Å². The summed E-state index contributed by atoms with van der Waals surface area (Å²) >= 11 is 0. The Kier molecular flexibility index (Phi) is 8.87. The lowest BCUT2D eigenvalue weighted by molar-refractivity contribution is -0.216. The Balaban J connectivity index is 1.28. The zero-order valence-corrected chi connectivity index (χ0v) is 23.6. The molecule has 42 heavy (non-hydrogen) atoms. The summed E-state index contributed by atoms with van der Waals surface area (Å²) in [5, 5.41) is 0. The van der Waals surface area contributed by atoms with Gasteiger partial charge in [-0.1, -0.05) is 66.2 Å². The van der Waals surface area contributed by atoms with Crippen molar-refractivity contribution < 1.29 is 32.2 Å². The van der Waals surface area contributed by atoms with Crippen LogP contribution < -0.4 is 4.74 Å². The molecule has 3 aromatic rings. The topological polar surface area (TPSA) is 59.1 Å². The number of carbonyl (C=O) groups is 2. The van der Waals surface area contributed by atoms with Crippen molar-refractivity contribution in [3.05, 3.63) is 101 Å². The van der Waals surface area contributed by atoms with Crippen LogP contribution in [0, 0.1) is 12.3 Å². The minimum Gasteiger partial charge on any atom is -0.489 e. The molecule has 0 aromatic heterocycles. The largest absolute Gasteiger partial charge is 0.490 e. The molecule has 1 spiro atoms. The van der Waals surface area contributed by atoms with E-state index in [0.29, 0.717) is 63.4 Å². The number of hydrogen-bond donors (Lipinski definition) is 0. The van der Waals surface area contributed by atoms with Gasteiger partial charge in [0.1, 0.15) is 18.5 Å². The Bertz CT molecular complexity index is 1370. The summed E-state index contributed by atoms with van der Waals surface area (Å²) in [6, 6.07) is 24.7. The smallest absolute Gasteiger partial charge is 0.489 e. The molecule has 9 heteroatoms. The minimum absolute atomic E-state index is 0.0989. The molecule has 0 N–H and O–H groups in total. The van der Waals surface area contributed by atoms with Crippen LogP contribution in [0.1, 0.15) is 46.3 Å². The predicted molar refractivity (Wildman–Crippen MR) is 152 cm³/mol. The number of para-hydroxylation sites is 1. The molecule has 1 unspecified atom stereocenters. The van der Waals surface area contributed by atoms with Crippen molar-refractivity contribution in [1.82, 2.24) is 9.80 Å². The number of esters is 1. The molecule has 1 amide bonds. The lowest BCUT2D eigenvalue weighted by Crippen LogP contribution is -2.57. The monoisotopic (exact) mass is 580 g/mol. The van der Waals surface area contributed by atoms with Crippen molar-refractivity contribution >= 4 is 11.9 Å². The summed E-state index contributed by atoms with van der Waals surface area (Å²) in [6.07, 6.45) is -4.54. The number of amides is 1. The van der Waals surface area contributed by atoms with Crippen LogP contribution in [0.2, 0.25) is 0 Å². The number of halogens is 3. The Morgan fingerprint density at radius 3 is 2.21 bits per heavy atom. The van der Waals surface area contributed by atoms with Gasteiger partial charge in [-0.2, -0.15) is 13.2 Å². The van der Waals surface area contributed by atoms with Gasteiger partial charge in [0.05, 0.1) is 0 Å². The summed E-state index contributed by atoms with van der Waals surface area (Å²) < 4.78 is 51.2. The maximum Gasteiger partial charge on any atom is 0.490 e. The summed E-state index contributed by atoms with van der Waals surface area (Å²) in [5.74, 6) is -1.56. The van der Waals surface area contributed by atoms with E-state index < -0.39 is 23.7 Å². The number of nitrogens with zero attached hydrogens (tertiary/aromatic N) is 2. The van der Waals surface area contributed by atoms with Crippen molar-refractivity contribution in [2.45, 2.75) is 51.6 Å². The molecule has 0 bridgehead atoms. The second-order valence-corrected chi connectivity index (χ2v) is 11.3. The highest BCUT2D eigenvalue weighted by Gasteiger charge is 2.51. The molecular weight excluding hydrogens is 545 g/mol. The van der Waals surface area contributed by atoms with Crippen LogP contribution in [-0.4, -0.2) is 60.1 Å². The first-order chi connectivity index (χ1) is 20.1. The van der Waals surface area contributed by atoms with E-state index in [1.165, 1.54) is 0 Å². The molecule has 0 radical (unpaired) electrons. The van der Waals surface area contributed by atoms with Crippen LogP contribution >= 0.6 is 0 Å². The lowest BCUT2D eigenvalue weighted by atomic mass is 9.69. The fourth-order valence-electron chi connectivity index (χ4n) is 5.92. The Hall–Kier alpha value is -3.85. The molecule has 2 saturated heterocycles. The number of hydrogen-bond acceptors (Lipinski definition) is 5. The van der Waals surface area contributed by atoms with Gasteiger partial charge in [-0.05, 0) is 56.5 Å². The molecular formula is C33H35F3N2O4. The summed E-state index contributed by atoms with van der Waals surface area (Å²) in [7, 11) is 0. The third kappa shape index (κ3) is 6.95. The molecule has 2 fully saturated rings. The van der Waals surface area contributed by atoms with Crippen LogP contribution in [-0.2, 0) is 22.7 Å². The summed E-state index contributed by atoms with van der Waals surface area (Å²) in [4.78, 5) is 28.9. The first-order valence-electron chi connectivity index (χ1n) is 14.2. The summed E-state index contributed by atoms with van der Waals surface area (Å²) in [5.41, 5.74) is 2.93. The van der Waals surface area contributed by atoms with Gasteiger partial charge in [-0.15, -0.1) is 0 Å². The number of alkyl halides is 3. The zero-order chi connectivity index (χ0) is 29.7. The highest BCUT2D eigenvalue weighted by Crippen LogP contribution is 2.44. The second-order valence-electron chi connectivity index (χ2n) is 11.3. The van der Waals surface area contributed by atoms with Crippen molar-refractivity contribution in [1.29, 1.82) is 0 Å². The van der Waals surface area contributed by atoms with Gasteiger partial charge < -0.3 is 14.4 Å². The van der Waals surface area contributed by atoms with E-state index in [2.05, 4.69) is 0 Å². The van der Waals surface area contributed by atoms with Crippen molar-refractivity contribution in [2.24, 2.45) is 5.41 Å². The molecule has 6 nitrogen and oxygen atoms in total. The number of rotatable bonds is 7. The Morgan fingerprint density at radius 1 is 0.881 bits per heavy atom. The first-order valence-corrected chi connectivity index (χ1v) is 14.2. The Labute approximate surface area is 244 Å². The number of benzene rings is 3. The van der Waals surface area contributed by atoms with Gasteiger partial charge in [0.25, 0.3) is 5.91 Å². The SMILES string of the molecule is Cc1ccc(C(=O)N2CCC3(CCN(Cc4ccccc4OCc4ccccc4)CC3OC(=O)C(F)(F)F)CC2)cc1. The second kappa shape index (κ2) is 12.6. The molecule has 1 atom stereocenters. The van der Waals surface area contributed by atoms with E-state index in [9.17, 15) is 22.8 Å². The van der Waals surface area contributed by atoms with Crippen LogP contribution in [0.5, 0.6) is 5.75 Å². The van der Waals surface area contributed by atoms with Gasteiger partial charge in [-0.3, -0.25) is 9.69 Å². The third-order valence-corrected chi connectivity index (χ3v) is 8.46. The van der Waals surface area contributed by atoms with E-state index in [4.69, 9.17) is 9.47 Å². The highest BCUT2D eigenvalue weighted by molar-refractivity contribution is 5.94. The minimum atomic E-state index is -5.08. The predicted octanol–water partition coefficient (Wildman–Crippen LogP) is 6.18. The maximum atomic E-state index is 13.3. The summed E-state index contributed by atoms with van der Waals surface area (Å²) in [6.45, 7) is 4.36. The third-order valence-electron chi connectivity index (χ3n) is 8.46. The lowest BCUT2D eigenvalue weighted by Gasteiger charge is -2.51. The molecule has 2 aliphatic rings. The van der Waals surface area contributed by atoms with Crippen molar-refractivity contribution in [3.63, 3.8) is 0 Å². The maximum absolute atomic E-state index is 13.3. The van der Waals surface area contributed by atoms with Gasteiger partial charge in [0.2, 0.25) is 0 Å². The van der Waals surface area contributed by atoms with Crippen LogP contribution in [0.3, 0.4) is 0 Å². The van der Waals surface area contributed by atoms with Crippen LogP contribution in [0.4, 0.5) is 13.2 Å². The Morgan fingerprint density at radius 2 is 1.52 bits per heavy atom. The van der Waals surface area contributed by atoms with Gasteiger partial charge >= 0.3 is 12.1 Å². The number of likely N-dealkylation sites (tertiary alicyclic amines) is 2. The van der Waals surface area contributed by atoms with E-state index in [1.807, 2.05) is 78.6 Å². The standard InChI is InChI=1S/C33H35F3N2O4/c1-24-11-13-26(14-12-24)30(39)38-19-16-32(17-20-38)15-18-37(22-29(32)42-31(40)33(34,35)36)21-27-9-5-6-10-28(27)41-23-25-7-3-2-4-8-25/h2-14,29H,15-23H2,1H3. The average Bonchev–Trinajstić information content (AvgIpc) is 2.99. The van der Waals surface area contributed by atoms with Crippen LogP contribution in [0.25, 0.3) is 0 Å². The van der Waals surface area contributed by atoms with E-state index in [-0.39, 0.29) is 12.5 Å². The van der Waals surface area contributed by atoms with E-state index in [0.717, 1.165) is 16.7 Å². The zero-order valence-electron chi connectivity index (χ0n) is 23.6. The fraction of sp³-hybridized carbons (Fsp3) is 0.394. The number of aryl methyl sites for hydroxylation is 1. The van der Waals surface area contributed by atoms with E-state index >= 15 is 0 Å². The number of carbonyl (C=O) groups excluding carboxylic acids is 2. The van der Waals surface area contributed by atoms with Crippen LogP contribution in [0.15, 0.2) is 78.9 Å². The molecule has 3 aromatic carbocycles. The molecule has 222 valence electrons. The van der Waals surface area contributed by atoms with Gasteiger partial charge in [-0.25, -0.2) is 4.79 Å². The van der Waals surface area contributed by atoms with Gasteiger partial charge in [0.15, 0.2) is 0 Å². The number of piperidine rings is 2. The molecule has 0 aliphatic carbocycles. The van der Waals surface area contributed by atoms with Gasteiger partial charge in [0, 0.05) is 42.7 Å². The average molecular weight is 581 g/mol. The fourth-order valence-corrected chi connectivity index (χ4v) is 5.92. The molecule has 2 heterocycles. The molecule has 2 aliphatic heterocycles. The quantitative estimate of drug-likeness (QED) is 0.313. The molecule has 5 rings (SSSR count).